The molecule has 0 unspecified atom stereocenters. The van der Waals surface area contributed by atoms with E-state index in [0.717, 1.165) is 34.4 Å². The first-order valence-corrected chi connectivity index (χ1v) is 12.7. The predicted molar refractivity (Wildman–Crippen MR) is 140 cm³/mol. The lowest BCUT2D eigenvalue weighted by atomic mass is 10.1. The molecule has 1 aromatic carbocycles. The van der Waals surface area contributed by atoms with Gasteiger partial charge in [-0.3, -0.25) is 9.59 Å². The van der Waals surface area contributed by atoms with Gasteiger partial charge in [0.1, 0.15) is 5.82 Å². The summed E-state index contributed by atoms with van der Waals surface area (Å²) in [7, 11) is 1.65. The number of benzene rings is 1. The molecule has 2 heterocycles. The van der Waals surface area contributed by atoms with Crippen LogP contribution in [0.25, 0.3) is 10.2 Å². The Morgan fingerprint density at radius 2 is 1.91 bits per heavy atom. The van der Waals surface area contributed by atoms with E-state index in [2.05, 4.69) is 31.2 Å². The number of nitrogens with zero attached hydrogens (tertiary/aromatic N) is 2. The average molecular weight is 483 g/mol. The second-order valence-corrected chi connectivity index (χ2v) is 9.25. The van der Waals surface area contributed by atoms with Gasteiger partial charge in [0.25, 0.3) is 5.91 Å². The van der Waals surface area contributed by atoms with E-state index in [1.165, 1.54) is 0 Å². The third-order valence-electron chi connectivity index (χ3n) is 5.58. The number of aromatic nitrogens is 2. The van der Waals surface area contributed by atoms with E-state index in [-0.39, 0.29) is 29.8 Å². The Labute approximate surface area is 205 Å². The largest absolute Gasteiger partial charge is 0.382 e. The van der Waals surface area contributed by atoms with Crippen molar-refractivity contribution >= 4 is 50.6 Å². The molecule has 4 N–H and O–H groups in total. The summed E-state index contributed by atoms with van der Waals surface area (Å²) in [5.74, 6) is 0.464. The van der Waals surface area contributed by atoms with Gasteiger partial charge in [0.15, 0.2) is 0 Å². The highest BCUT2D eigenvalue weighted by Crippen LogP contribution is 2.28. The first-order chi connectivity index (χ1) is 16.4. The SMILES string of the molecule is CC.CNC(=O)[C@H]1CC[C@H](NC(=O)c2cnc(Nc3ccc4ncsc4c3)cc2NC(C)C)C1. The van der Waals surface area contributed by atoms with Crippen LogP contribution in [-0.2, 0) is 4.79 Å². The maximum atomic E-state index is 13.0. The summed E-state index contributed by atoms with van der Waals surface area (Å²) in [5, 5.41) is 12.4. The summed E-state index contributed by atoms with van der Waals surface area (Å²) in [6.07, 6.45) is 3.83. The lowest BCUT2D eigenvalue weighted by Crippen LogP contribution is -2.35. The van der Waals surface area contributed by atoms with Crippen LogP contribution in [0.2, 0.25) is 0 Å². The van der Waals surface area contributed by atoms with Gasteiger partial charge in [-0.25, -0.2) is 9.97 Å². The predicted octanol–water partition coefficient (Wildman–Crippen LogP) is 4.93. The van der Waals surface area contributed by atoms with Crippen molar-refractivity contribution in [2.45, 2.75) is 59.0 Å². The minimum absolute atomic E-state index is 0.0133. The van der Waals surface area contributed by atoms with E-state index in [1.54, 1.807) is 24.6 Å². The molecular formula is C25H34N6O2S. The molecule has 8 nitrogen and oxygen atoms in total. The fourth-order valence-electron chi connectivity index (χ4n) is 4.03. The highest BCUT2D eigenvalue weighted by Gasteiger charge is 2.30. The number of amides is 2. The van der Waals surface area contributed by atoms with Gasteiger partial charge < -0.3 is 21.3 Å². The molecule has 0 saturated heterocycles. The number of fused-ring (bicyclic) bond motifs is 1. The Morgan fingerprint density at radius 1 is 1.12 bits per heavy atom. The van der Waals surface area contributed by atoms with E-state index in [0.29, 0.717) is 17.8 Å². The molecule has 1 aliphatic rings. The van der Waals surface area contributed by atoms with Crippen molar-refractivity contribution in [1.82, 2.24) is 20.6 Å². The van der Waals surface area contributed by atoms with Crippen molar-refractivity contribution in [1.29, 1.82) is 0 Å². The molecule has 1 saturated carbocycles. The molecule has 4 rings (SSSR count). The molecule has 2 aromatic heterocycles. The van der Waals surface area contributed by atoms with E-state index in [1.807, 2.05) is 57.5 Å². The molecule has 1 aliphatic carbocycles. The zero-order valence-electron chi connectivity index (χ0n) is 20.4. The number of rotatable bonds is 7. The van der Waals surface area contributed by atoms with Gasteiger partial charge in [-0.05, 0) is 51.3 Å². The molecule has 0 spiro atoms. The molecule has 182 valence electrons. The van der Waals surface area contributed by atoms with Gasteiger partial charge >= 0.3 is 0 Å². The Morgan fingerprint density at radius 3 is 2.65 bits per heavy atom. The minimum Gasteiger partial charge on any atom is -0.382 e. The van der Waals surface area contributed by atoms with Crippen LogP contribution < -0.4 is 21.3 Å². The van der Waals surface area contributed by atoms with E-state index < -0.39 is 0 Å². The van der Waals surface area contributed by atoms with Crippen LogP contribution in [0.1, 0.15) is 57.3 Å². The summed E-state index contributed by atoms with van der Waals surface area (Å²) in [6.45, 7) is 8.05. The summed E-state index contributed by atoms with van der Waals surface area (Å²) in [5.41, 5.74) is 4.91. The van der Waals surface area contributed by atoms with Crippen molar-refractivity contribution in [3.63, 3.8) is 0 Å². The van der Waals surface area contributed by atoms with Crippen LogP contribution in [0.4, 0.5) is 17.2 Å². The zero-order chi connectivity index (χ0) is 24.7. The normalized spacial score (nSPS) is 17.1. The lowest BCUT2D eigenvalue weighted by molar-refractivity contribution is -0.124. The highest BCUT2D eigenvalue weighted by molar-refractivity contribution is 7.16. The molecule has 2 atom stereocenters. The molecule has 0 radical (unpaired) electrons. The van der Waals surface area contributed by atoms with E-state index in [9.17, 15) is 9.59 Å². The van der Waals surface area contributed by atoms with Gasteiger partial charge in [0.05, 0.1) is 27.0 Å². The smallest absolute Gasteiger partial charge is 0.255 e. The van der Waals surface area contributed by atoms with Crippen molar-refractivity contribution in [3.8, 4) is 0 Å². The van der Waals surface area contributed by atoms with Gasteiger partial charge in [0.2, 0.25) is 5.91 Å². The number of anilines is 3. The molecule has 34 heavy (non-hydrogen) atoms. The van der Waals surface area contributed by atoms with Crippen LogP contribution in [0.3, 0.4) is 0 Å². The third kappa shape index (κ3) is 6.22. The van der Waals surface area contributed by atoms with Crippen molar-refractivity contribution < 1.29 is 9.59 Å². The zero-order valence-corrected chi connectivity index (χ0v) is 21.3. The first-order valence-electron chi connectivity index (χ1n) is 11.8. The van der Waals surface area contributed by atoms with Crippen LogP contribution >= 0.6 is 11.3 Å². The summed E-state index contributed by atoms with van der Waals surface area (Å²) < 4.78 is 1.10. The highest BCUT2D eigenvalue weighted by atomic mass is 32.1. The Hall–Kier alpha value is -3.20. The van der Waals surface area contributed by atoms with E-state index >= 15 is 0 Å². The van der Waals surface area contributed by atoms with Crippen LogP contribution in [0.15, 0.2) is 36.0 Å². The number of hydrogen-bond acceptors (Lipinski definition) is 7. The first kappa shape index (κ1) is 25.4. The van der Waals surface area contributed by atoms with Gasteiger partial charge in [-0.2, -0.15) is 0 Å². The quantitative estimate of drug-likeness (QED) is 0.380. The molecule has 1 fully saturated rings. The molecule has 0 aliphatic heterocycles. The maximum Gasteiger partial charge on any atom is 0.255 e. The number of carbonyl (C=O) groups excluding carboxylic acids is 2. The number of pyridine rings is 1. The standard InChI is InChI=1S/C23H28N6O2S.C2H6/c1-13(2)27-19-10-21(28-16-6-7-18-20(9-16)32-12-26-18)25-11-17(19)23(31)29-15-5-4-14(8-15)22(30)24-3;1-2/h6-7,9-15H,4-5,8H2,1-3H3,(H,24,30)(H,29,31)(H2,25,27,28);1-2H3/t14-,15-;/m0./s1. The Bertz CT molecular complexity index is 1130. The fraction of sp³-hybridized carbons (Fsp3) is 0.440. The molecule has 0 bridgehead atoms. The average Bonchev–Trinajstić information content (AvgIpc) is 3.49. The van der Waals surface area contributed by atoms with E-state index in [4.69, 9.17) is 0 Å². The monoisotopic (exact) mass is 482 g/mol. The minimum atomic E-state index is -0.180. The maximum absolute atomic E-state index is 13.0. The van der Waals surface area contributed by atoms with Crippen LogP contribution in [0, 0.1) is 5.92 Å². The van der Waals surface area contributed by atoms with Crippen molar-refractivity contribution in [3.05, 3.63) is 41.5 Å². The number of nitrogens with one attached hydrogen (secondary N) is 4. The second-order valence-electron chi connectivity index (χ2n) is 8.37. The third-order valence-corrected chi connectivity index (χ3v) is 6.37. The van der Waals surface area contributed by atoms with Gasteiger partial charge in [-0.15, -0.1) is 11.3 Å². The molecular weight excluding hydrogens is 448 g/mol. The van der Waals surface area contributed by atoms with Crippen molar-refractivity contribution in [2.24, 2.45) is 5.92 Å². The summed E-state index contributed by atoms with van der Waals surface area (Å²) in [4.78, 5) is 33.7. The molecule has 9 heteroatoms. The molecule has 3 aromatic rings. The fourth-order valence-corrected chi connectivity index (χ4v) is 4.75. The van der Waals surface area contributed by atoms with Gasteiger partial charge in [-0.1, -0.05) is 13.8 Å². The summed E-state index contributed by atoms with van der Waals surface area (Å²) >= 11 is 1.59. The number of carbonyl (C=O) groups is 2. The van der Waals surface area contributed by atoms with Crippen molar-refractivity contribution in [2.75, 3.05) is 17.7 Å². The Kier molecular flexibility index (Phi) is 8.81. The Balaban J connectivity index is 0.00000158. The lowest BCUT2D eigenvalue weighted by Gasteiger charge is -2.18. The number of thiazole rings is 1. The van der Waals surface area contributed by atoms with Crippen LogP contribution in [0.5, 0.6) is 0 Å². The van der Waals surface area contributed by atoms with Gasteiger partial charge in [0, 0.05) is 43.0 Å². The molecule has 2 amide bonds. The topological polar surface area (TPSA) is 108 Å². The second kappa shape index (κ2) is 11.8. The van der Waals surface area contributed by atoms with Crippen LogP contribution in [-0.4, -0.2) is 40.9 Å². The summed E-state index contributed by atoms with van der Waals surface area (Å²) in [6, 6.07) is 7.96. The number of hydrogen-bond donors (Lipinski definition) is 4.